The van der Waals surface area contributed by atoms with Crippen molar-refractivity contribution in [3.05, 3.63) is 39.2 Å². The summed E-state index contributed by atoms with van der Waals surface area (Å²) in [5.74, 6) is -0.418. The van der Waals surface area contributed by atoms with E-state index >= 15 is 0 Å². The van der Waals surface area contributed by atoms with E-state index in [4.69, 9.17) is 9.47 Å². The van der Waals surface area contributed by atoms with Crippen LogP contribution < -0.4 is 4.74 Å². The minimum atomic E-state index is -0.642. The number of Topliss-reactive ketones (excluding diaryl/α,β-unsaturated/α-hetero) is 1. The SMILES string of the molecule is CC1=C2OC(=O)c3c(c(C)c(O)c(Br)c3-c3ccn[nH]3)OC2C(C)CC1=O. The molecule has 0 radical (unpaired) electrons. The lowest BCUT2D eigenvalue weighted by Crippen LogP contribution is -2.35. The number of allylic oxidation sites excluding steroid dienone is 1. The highest BCUT2D eigenvalue weighted by Gasteiger charge is 2.42. The standard InChI is InChI=1S/C19H17BrN2O5/c1-7-6-11(23)8(2)18-16(7)26-17-9(3)15(24)14(20)12(10-4-5-21-22-10)13(17)19(25)27-18/h4-5,7,16,24H,6H2,1-3H3,(H,21,22). The van der Waals surface area contributed by atoms with Crippen molar-refractivity contribution in [3.63, 3.8) is 0 Å². The number of carbonyl (C=O) groups is 2. The quantitative estimate of drug-likeness (QED) is 0.666. The number of H-pyrrole nitrogens is 1. The monoisotopic (exact) mass is 432 g/mol. The Balaban J connectivity index is 2.01. The van der Waals surface area contributed by atoms with Gasteiger partial charge in [-0.15, -0.1) is 0 Å². The van der Waals surface area contributed by atoms with E-state index in [2.05, 4.69) is 26.1 Å². The lowest BCUT2D eigenvalue weighted by Gasteiger charge is -2.29. The third-order valence-electron chi connectivity index (χ3n) is 5.09. The van der Waals surface area contributed by atoms with Gasteiger partial charge in [0.15, 0.2) is 17.6 Å². The lowest BCUT2D eigenvalue weighted by molar-refractivity contribution is -0.118. The average molecular weight is 433 g/mol. The fourth-order valence-electron chi connectivity index (χ4n) is 3.54. The van der Waals surface area contributed by atoms with Crippen LogP contribution in [0.4, 0.5) is 0 Å². The number of hydrogen-bond acceptors (Lipinski definition) is 6. The van der Waals surface area contributed by atoms with E-state index in [1.807, 2.05) is 6.92 Å². The number of rotatable bonds is 1. The summed E-state index contributed by atoms with van der Waals surface area (Å²) in [4.78, 5) is 25.3. The number of phenols is 1. The minimum Gasteiger partial charge on any atom is -0.506 e. The topological polar surface area (TPSA) is 102 Å². The second-order valence-electron chi connectivity index (χ2n) is 6.86. The number of benzene rings is 1. The van der Waals surface area contributed by atoms with E-state index in [0.717, 1.165) is 0 Å². The third kappa shape index (κ3) is 2.58. The van der Waals surface area contributed by atoms with E-state index in [1.165, 1.54) is 0 Å². The van der Waals surface area contributed by atoms with Crippen molar-refractivity contribution < 1.29 is 24.2 Å². The fourth-order valence-corrected chi connectivity index (χ4v) is 4.24. The van der Waals surface area contributed by atoms with Gasteiger partial charge in [-0.25, -0.2) is 4.79 Å². The first-order valence-electron chi connectivity index (χ1n) is 8.48. The molecule has 140 valence electrons. The largest absolute Gasteiger partial charge is 0.506 e. The maximum atomic E-state index is 13.1. The molecule has 0 fully saturated rings. The first-order valence-corrected chi connectivity index (χ1v) is 9.28. The van der Waals surface area contributed by atoms with Gasteiger partial charge in [0.25, 0.3) is 0 Å². The zero-order valence-corrected chi connectivity index (χ0v) is 16.5. The summed E-state index contributed by atoms with van der Waals surface area (Å²) in [6.45, 7) is 5.18. The molecule has 2 aromatic rings. The molecule has 0 saturated carbocycles. The van der Waals surface area contributed by atoms with Crippen LogP contribution in [0.25, 0.3) is 11.3 Å². The number of phenolic OH excluding ortho intramolecular Hbond substituents is 1. The molecule has 7 nitrogen and oxygen atoms in total. The average Bonchev–Trinajstić information content (AvgIpc) is 3.10. The van der Waals surface area contributed by atoms with Crippen LogP contribution >= 0.6 is 15.9 Å². The predicted molar refractivity (Wildman–Crippen MR) is 99.4 cm³/mol. The molecule has 0 amide bonds. The highest BCUT2D eigenvalue weighted by molar-refractivity contribution is 9.10. The summed E-state index contributed by atoms with van der Waals surface area (Å²) in [5, 5.41) is 17.3. The zero-order chi connectivity index (χ0) is 19.5. The van der Waals surface area contributed by atoms with Gasteiger partial charge in [0.2, 0.25) is 0 Å². The van der Waals surface area contributed by atoms with Crippen molar-refractivity contribution in [2.24, 2.45) is 5.92 Å². The van der Waals surface area contributed by atoms with Crippen LogP contribution in [-0.4, -0.2) is 33.2 Å². The number of hydrogen-bond donors (Lipinski definition) is 2. The zero-order valence-electron chi connectivity index (χ0n) is 14.9. The van der Waals surface area contributed by atoms with Crippen LogP contribution in [0.1, 0.15) is 36.2 Å². The van der Waals surface area contributed by atoms with E-state index in [9.17, 15) is 14.7 Å². The molecule has 0 spiro atoms. The number of carbonyl (C=O) groups excluding carboxylic acids is 2. The van der Waals surface area contributed by atoms with Crippen molar-refractivity contribution in [2.75, 3.05) is 0 Å². The number of aromatic nitrogens is 2. The molecule has 4 rings (SSSR count). The van der Waals surface area contributed by atoms with Gasteiger partial charge in [-0.3, -0.25) is 9.89 Å². The van der Waals surface area contributed by atoms with Crippen molar-refractivity contribution in [2.45, 2.75) is 33.3 Å². The summed E-state index contributed by atoms with van der Waals surface area (Å²) in [7, 11) is 0. The van der Waals surface area contributed by atoms with Gasteiger partial charge in [0.05, 0.1) is 10.2 Å². The first kappa shape index (κ1) is 17.8. The van der Waals surface area contributed by atoms with Gasteiger partial charge in [-0.05, 0) is 35.8 Å². The van der Waals surface area contributed by atoms with Crippen LogP contribution in [0.5, 0.6) is 11.5 Å². The van der Waals surface area contributed by atoms with E-state index in [1.54, 1.807) is 26.1 Å². The van der Waals surface area contributed by atoms with E-state index in [-0.39, 0.29) is 34.5 Å². The molecule has 2 atom stereocenters. The molecule has 1 aliphatic carbocycles. The molecule has 1 aromatic heterocycles. The number of aromatic hydroxyl groups is 1. The smallest absolute Gasteiger partial charge is 0.347 e. The van der Waals surface area contributed by atoms with Crippen molar-refractivity contribution in [3.8, 4) is 22.8 Å². The van der Waals surface area contributed by atoms with Crippen LogP contribution in [0, 0.1) is 12.8 Å². The highest BCUT2D eigenvalue weighted by Crippen LogP contribution is 2.48. The van der Waals surface area contributed by atoms with Crippen molar-refractivity contribution in [1.82, 2.24) is 10.2 Å². The molecular weight excluding hydrogens is 416 g/mol. The maximum Gasteiger partial charge on any atom is 0.347 e. The lowest BCUT2D eigenvalue weighted by atomic mass is 9.86. The molecule has 8 heteroatoms. The summed E-state index contributed by atoms with van der Waals surface area (Å²) >= 11 is 3.37. The highest BCUT2D eigenvalue weighted by atomic mass is 79.9. The molecule has 2 heterocycles. The Bertz CT molecular complexity index is 1010. The summed E-state index contributed by atoms with van der Waals surface area (Å²) in [6, 6.07) is 1.68. The number of fused-ring (bicyclic) bond motifs is 2. The second-order valence-corrected chi connectivity index (χ2v) is 7.65. The Morgan fingerprint density at radius 1 is 1.30 bits per heavy atom. The molecule has 2 N–H and O–H groups in total. The normalized spacial score (nSPS) is 21.9. The molecule has 1 aromatic carbocycles. The summed E-state index contributed by atoms with van der Waals surface area (Å²) in [6.07, 6.45) is 1.27. The summed E-state index contributed by atoms with van der Waals surface area (Å²) < 4.78 is 12.2. The third-order valence-corrected chi connectivity index (χ3v) is 5.86. The molecule has 0 saturated heterocycles. The molecule has 27 heavy (non-hydrogen) atoms. The number of ketones is 1. The first-order chi connectivity index (χ1) is 12.8. The Kier molecular flexibility index (Phi) is 4.10. The number of nitrogens with one attached hydrogen (secondary N) is 1. The van der Waals surface area contributed by atoms with Crippen molar-refractivity contribution in [1.29, 1.82) is 0 Å². The minimum absolute atomic E-state index is 0.0326. The predicted octanol–water partition coefficient (Wildman–Crippen LogP) is 3.65. The number of ether oxygens (including phenoxy) is 2. The molecule has 2 unspecified atom stereocenters. The van der Waals surface area contributed by atoms with Gasteiger partial charge < -0.3 is 14.6 Å². The molecule has 1 aliphatic heterocycles. The van der Waals surface area contributed by atoms with Crippen LogP contribution in [-0.2, 0) is 9.53 Å². The number of halogens is 1. The maximum absolute atomic E-state index is 13.1. The number of nitrogens with zero attached hydrogens (tertiary/aromatic N) is 1. The Morgan fingerprint density at radius 2 is 2.04 bits per heavy atom. The van der Waals surface area contributed by atoms with Crippen LogP contribution in [0.15, 0.2) is 28.1 Å². The van der Waals surface area contributed by atoms with E-state index in [0.29, 0.717) is 33.3 Å². The van der Waals surface area contributed by atoms with Gasteiger partial charge in [-0.1, -0.05) is 6.92 Å². The Morgan fingerprint density at radius 3 is 2.70 bits per heavy atom. The van der Waals surface area contributed by atoms with Gasteiger partial charge >= 0.3 is 5.97 Å². The number of esters is 1. The van der Waals surface area contributed by atoms with Gasteiger partial charge in [0.1, 0.15) is 17.1 Å². The van der Waals surface area contributed by atoms with Crippen molar-refractivity contribution >= 4 is 27.7 Å². The Labute approximate surface area is 163 Å². The van der Waals surface area contributed by atoms with Gasteiger partial charge in [-0.2, -0.15) is 5.10 Å². The van der Waals surface area contributed by atoms with Gasteiger partial charge in [0, 0.05) is 35.2 Å². The van der Waals surface area contributed by atoms with Crippen LogP contribution in [0.3, 0.4) is 0 Å². The second kappa shape index (κ2) is 6.23. The fraction of sp³-hybridized carbons (Fsp3) is 0.316. The van der Waals surface area contributed by atoms with Crippen LogP contribution in [0.2, 0.25) is 0 Å². The molecule has 0 bridgehead atoms. The Hall–Kier alpha value is -2.61. The number of aromatic amines is 1. The molecular formula is C19H17BrN2O5. The molecule has 2 aliphatic rings. The van der Waals surface area contributed by atoms with E-state index < -0.39 is 12.1 Å². The summed E-state index contributed by atoms with van der Waals surface area (Å²) in [5.41, 5.74) is 1.90.